The molecule has 1 aliphatic carbocycles. The molecule has 2 rings (SSSR count). The largest absolute Gasteiger partial charge is 0.330 e. The Hall–Kier alpha value is -1.22. The summed E-state index contributed by atoms with van der Waals surface area (Å²) in [6, 6.07) is 4.37. The van der Waals surface area contributed by atoms with Crippen LogP contribution in [0.4, 0.5) is 4.39 Å². The Kier molecular flexibility index (Phi) is 3.29. The Morgan fingerprint density at radius 3 is 2.71 bits per heavy atom. The van der Waals surface area contributed by atoms with Crippen LogP contribution in [-0.2, 0) is 0 Å². The summed E-state index contributed by atoms with van der Waals surface area (Å²) >= 11 is 0. The normalized spacial score (nSPS) is 17.6. The van der Waals surface area contributed by atoms with Crippen molar-refractivity contribution >= 4 is 5.78 Å². The molecule has 0 radical (unpaired) electrons. The number of hydrogen-bond donors (Lipinski definition) is 1. The van der Waals surface area contributed by atoms with Gasteiger partial charge in [-0.25, -0.2) is 4.39 Å². The van der Waals surface area contributed by atoms with E-state index >= 15 is 0 Å². The summed E-state index contributed by atoms with van der Waals surface area (Å²) in [5, 5.41) is 0. The molecular formula is C14H18FNO. The first-order chi connectivity index (χ1) is 8.06. The van der Waals surface area contributed by atoms with Crippen LogP contribution >= 0.6 is 0 Å². The van der Waals surface area contributed by atoms with E-state index in [1.807, 2.05) is 6.92 Å². The van der Waals surface area contributed by atoms with Gasteiger partial charge in [-0.15, -0.1) is 0 Å². The number of nitrogens with two attached hydrogens (primary N) is 1. The maximum absolute atomic E-state index is 13.1. The van der Waals surface area contributed by atoms with E-state index in [9.17, 15) is 9.18 Å². The van der Waals surface area contributed by atoms with E-state index in [2.05, 4.69) is 0 Å². The number of benzene rings is 1. The molecule has 2 nitrogen and oxygen atoms in total. The van der Waals surface area contributed by atoms with Crippen molar-refractivity contribution in [1.29, 1.82) is 0 Å². The van der Waals surface area contributed by atoms with Crippen molar-refractivity contribution in [3.8, 4) is 0 Å². The Balaban J connectivity index is 2.17. The van der Waals surface area contributed by atoms with E-state index in [0.717, 1.165) is 24.8 Å². The van der Waals surface area contributed by atoms with Crippen LogP contribution in [0.5, 0.6) is 0 Å². The van der Waals surface area contributed by atoms with Crippen molar-refractivity contribution in [2.45, 2.75) is 32.6 Å². The minimum Gasteiger partial charge on any atom is -0.330 e. The third kappa shape index (κ3) is 2.39. The number of Topliss-reactive ketones (excluding diaryl/α,β-unsaturated/α-hetero) is 1. The topological polar surface area (TPSA) is 43.1 Å². The average Bonchev–Trinajstić information content (AvgIpc) is 2.26. The first kappa shape index (κ1) is 12.2. The van der Waals surface area contributed by atoms with Gasteiger partial charge in [0.05, 0.1) is 0 Å². The number of aryl methyl sites for hydroxylation is 1. The van der Waals surface area contributed by atoms with Gasteiger partial charge in [0.1, 0.15) is 5.82 Å². The Labute approximate surface area is 101 Å². The van der Waals surface area contributed by atoms with Crippen LogP contribution in [0.3, 0.4) is 0 Å². The van der Waals surface area contributed by atoms with E-state index in [1.54, 1.807) is 6.07 Å². The summed E-state index contributed by atoms with van der Waals surface area (Å²) in [6.45, 7) is 2.38. The molecule has 3 heteroatoms. The highest BCUT2D eigenvalue weighted by molar-refractivity contribution is 5.97. The molecule has 1 aromatic rings. The van der Waals surface area contributed by atoms with E-state index < -0.39 is 0 Å². The first-order valence-corrected chi connectivity index (χ1v) is 6.06. The maximum atomic E-state index is 13.1. The number of rotatable bonds is 4. The highest BCUT2D eigenvalue weighted by atomic mass is 19.1. The van der Waals surface area contributed by atoms with Crippen LogP contribution in [0.25, 0.3) is 0 Å². The molecule has 0 heterocycles. The minimum atomic E-state index is -0.352. The van der Waals surface area contributed by atoms with Crippen molar-refractivity contribution < 1.29 is 9.18 Å². The predicted molar refractivity (Wildman–Crippen MR) is 65.4 cm³/mol. The fourth-order valence-electron chi connectivity index (χ4n) is 2.46. The molecule has 0 aromatic heterocycles. The SMILES string of the molecule is Cc1ccc(F)cc1C(=O)CC1(CN)CCC1. The fraction of sp³-hybridized carbons (Fsp3) is 0.500. The van der Waals surface area contributed by atoms with Gasteiger partial charge >= 0.3 is 0 Å². The molecule has 0 unspecified atom stereocenters. The number of halogens is 1. The molecule has 17 heavy (non-hydrogen) atoms. The molecule has 0 bridgehead atoms. The maximum Gasteiger partial charge on any atom is 0.163 e. The zero-order chi connectivity index (χ0) is 12.5. The molecule has 2 N–H and O–H groups in total. The lowest BCUT2D eigenvalue weighted by Gasteiger charge is -2.40. The second kappa shape index (κ2) is 4.57. The van der Waals surface area contributed by atoms with Crippen LogP contribution in [0.15, 0.2) is 18.2 Å². The molecular weight excluding hydrogens is 217 g/mol. The summed E-state index contributed by atoms with van der Waals surface area (Å²) in [5.74, 6) is -0.332. The van der Waals surface area contributed by atoms with Crippen molar-refractivity contribution in [2.75, 3.05) is 6.54 Å². The third-order valence-corrected chi connectivity index (χ3v) is 3.88. The number of carbonyl (C=O) groups is 1. The molecule has 0 amide bonds. The molecule has 0 atom stereocenters. The lowest BCUT2D eigenvalue weighted by molar-refractivity contribution is 0.0785. The number of hydrogen-bond acceptors (Lipinski definition) is 2. The Morgan fingerprint density at radius 1 is 1.47 bits per heavy atom. The Bertz CT molecular complexity index is 432. The standard InChI is InChI=1S/C14H18FNO/c1-10-3-4-11(15)7-12(10)13(17)8-14(9-16)5-2-6-14/h3-4,7H,2,5-6,8-9,16H2,1H3. The molecule has 1 aliphatic rings. The van der Waals surface area contributed by atoms with Crippen molar-refractivity contribution in [3.63, 3.8) is 0 Å². The highest BCUT2D eigenvalue weighted by Gasteiger charge is 2.37. The van der Waals surface area contributed by atoms with Gasteiger partial charge in [-0.05, 0) is 49.4 Å². The summed E-state index contributed by atoms with van der Waals surface area (Å²) in [7, 11) is 0. The molecule has 0 saturated heterocycles. The van der Waals surface area contributed by atoms with Crippen LogP contribution in [0.2, 0.25) is 0 Å². The van der Waals surface area contributed by atoms with Gasteiger partial charge in [-0.3, -0.25) is 4.79 Å². The molecule has 0 aliphatic heterocycles. The highest BCUT2D eigenvalue weighted by Crippen LogP contribution is 2.43. The van der Waals surface area contributed by atoms with E-state index in [-0.39, 0.29) is 17.0 Å². The van der Waals surface area contributed by atoms with Crippen LogP contribution < -0.4 is 5.73 Å². The van der Waals surface area contributed by atoms with Gasteiger partial charge in [0.25, 0.3) is 0 Å². The van der Waals surface area contributed by atoms with Crippen LogP contribution in [-0.4, -0.2) is 12.3 Å². The second-order valence-corrected chi connectivity index (χ2v) is 5.12. The third-order valence-electron chi connectivity index (χ3n) is 3.88. The fourth-order valence-corrected chi connectivity index (χ4v) is 2.46. The average molecular weight is 235 g/mol. The van der Waals surface area contributed by atoms with Crippen molar-refractivity contribution in [3.05, 3.63) is 35.1 Å². The van der Waals surface area contributed by atoms with E-state index in [4.69, 9.17) is 5.73 Å². The van der Waals surface area contributed by atoms with Gasteiger partial charge < -0.3 is 5.73 Å². The molecule has 1 fully saturated rings. The molecule has 1 aromatic carbocycles. The second-order valence-electron chi connectivity index (χ2n) is 5.12. The Morgan fingerprint density at radius 2 is 2.18 bits per heavy atom. The number of ketones is 1. The van der Waals surface area contributed by atoms with Gasteiger partial charge in [0.15, 0.2) is 5.78 Å². The summed E-state index contributed by atoms with van der Waals surface area (Å²) in [4.78, 5) is 12.2. The molecule has 0 spiro atoms. The van der Waals surface area contributed by atoms with Gasteiger partial charge in [0.2, 0.25) is 0 Å². The monoisotopic (exact) mass is 235 g/mol. The van der Waals surface area contributed by atoms with Gasteiger partial charge in [0, 0.05) is 12.0 Å². The minimum absolute atomic E-state index is 0.0180. The van der Waals surface area contributed by atoms with Gasteiger partial charge in [-0.1, -0.05) is 12.5 Å². The predicted octanol–water partition coefficient (Wildman–Crippen LogP) is 2.84. The lowest BCUT2D eigenvalue weighted by Crippen LogP contribution is -2.39. The van der Waals surface area contributed by atoms with E-state index in [1.165, 1.54) is 12.1 Å². The molecule has 92 valence electrons. The van der Waals surface area contributed by atoms with Crippen molar-refractivity contribution in [2.24, 2.45) is 11.1 Å². The summed E-state index contributed by atoms with van der Waals surface area (Å²) < 4.78 is 13.1. The van der Waals surface area contributed by atoms with Crippen molar-refractivity contribution in [1.82, 2.24) is 0 Å². The van der Waals surface area contributed by atoms with Crippen LogP contribution in [0, 0.1) is 18.2 Å². The first-order valence-electron chi connectivity index (χ1n) is 6.06. The lowest BCUT2D eigenvalue weighted by atomic mass is 9.65. The summed E-state index contributed by atoms with van der Waals surface area (Å²) in [5.41, 5.74) is 7.06. The van der Waals surface area contributed by atoms with E-state index in [0.29, 0.717) is 18.5 Å². The zero-order valence-electron chi connectivity index (χ0n) is 10.1. The number of carbonyl (C=O) groups excluding carboxylic acids is 1. The van der Waals surface area contributed by atoms with Gasteiger partial charge in [-0.2, -0.15) is 0 Å². The summed E-state index contributed by atoms with van der Waals surface area (Å²) in [6.07, 6.45) is 3.63. The van der Waals surface area contributed by atoms with Crippen LogP contribution in [0.1, 0.15) is 41.6 Å². The quantitative estimate of drug-likeness (QED) is 0.815. The smallest absolute Gasteiger partial charge is 0.163 e. The molecule has 1 saturated carbocycles. The zero-order valence-corrected chi connectivity index (χ0v) is 10.1.